The molecule has 0 spiro atoms. The molecule has 0 atom stereocenters. The maximum atomic E-state index is 12.2. The Bertz CT molecular complexity index is 873. The zero-order valence-corrected chi connectivity index (χ0v) is 14.2. The van der Waals surface area contributed by atoms with Gasteiger partial charge in [-0.2, -0.15) is 5.10 Å². The number of imidazole rings is 1. The van der Waals surface area contributed by atoms with Gasteiger partial charge in [0.1, 0.15) is 0 Å². The van der Waals surface area contributed by atoms with Crippen molar-refractivity contribution in [2.45, 2.75) is 13.0 Å². The second-order valence-corrected chi connectivity index (χ2v) is 7.37. The molecule has 24 heavy (non-hydrogen) atoms. The zero-order chi connectivity index (χ0) is 17.0. The maximum Gasteiger partial charge on any atom is 0.232 e. The highest BCUT2D eigenvalue weighted by Crippen LogP contribution is 2.21. The summed E-state index contributed by atoms with van der Waals surface area (Å²) in [5.74, 6) is 0. The molecular weight excluding hydrogens is 326 g/mol. The third kappa shape index (κ3) is 3.83. The lowest BCUT2D eigenvalue weighted by Gasteiger charge is -2.23. The van der Waals surface area contributed by atoms with E-state index >= 15 is 0 Å². The molecule has 0 amide bonds. The number of hydrogen-bond acceptors (Lipinski definition) is 4. The molecular formula is C16H19N5O2S. The highest BCUT2D eigenvalue weighted by Gasteiger charge is 2.17. The lowest BCUT2D eigenvalue weighted by atomic mass is 10.2. The monoisotopic (exact) mass is 345 g/mol. The Labute approximate surface area is 141 Å². The summed E-state index contributed by atoms with van der Waals surface area (Å²) < 4.78 is 29.5. The molecule has 3 aromatic rings. The van der Waals surface area contributed by atoms with Gasteiger partial charge in [0.05, 0.1) is 24.0 Å². The maximum absolute atomic E-state index is 12.2. The summed E-state index contributed by atoms with van der Waals surface area (Å²) in [6.07, 6.45) is 10.7. The molecule has 0 aliphatic carbocycles. The molecule has 0 bridgehead atoms. The van der Waals surface area contributed by atoms with E-state index in [2.05, 4.69) is 10.1 Å². The first-order valence-electron chi connectivity index (χ1n) is 7.57. The third-order valence-corrected chi connectivity index (χ3v) is 4.82. The van der Waals surface area contributed by atoms with E-state index in [0.29, 0.717) is 25.2 Å². The number of aromatic nitrogens is 4. The lowest BCUT2D eigenvalue weighted by molar-refractivity contribution is 0.588. The van der Waals surface area contributed by atoms with Gasteiger partial charge in [-0.3, -0.25) is 4.31 Å². The van der Waals surface area contributed by atoms with E-state index in [9.17, 15) is 8.42 Å². The second kappa shape index (κ2) is 6.88. The Morgan fingerprint density at radius 2 is 2.04 bits per heavy atom. The minimum absolute atomic E-state index is 0.402. The van der Waals surface area contributed by atoms with Crippen LogP contribution in [0.5, 0.6) is 0 Å². The minimum atomic E-state index is -3.37. The SMILES string of the molecule is CS(=O)(=O)N(CCCn1ccnc1)c1cccc(-n2cccn2)c1. The van der Waals surface area contributed by atoms with Gasteiger partial charge in [0.15, 0.2) is 0 Å². The summed E-state index contributed by atoms with van der Waals surface area (Å²) in [7, 11) is -3.37. The van der Waals surface area contributed by atoms with E-state index in [1.54, 1.807) is 29.5 Å². The summed E-state index contributed by atoms with van der Waals surface area (Å²) in [6.45, 7) is 1.12. The number of nitrogens with zero attached hydrogens (tertiary/aromatic N) is 5. The molecule has 0 N–H and O–H groups in total. The fraction of sp³-hybridized carbons (Fsp3) is 0.250. The number of aryl methyl sites for hydroxylation is 1. The van der Waals surface area contributed by atoms with Gasteiger partial charge < -0.3 is 4.57 Å². The van der Waals surface area contributed by atoms with E-state index in [0.717, 1.165) is 5.69 Å². The van der Waals surface area contributed by atoms with E-state index in [4.69, 9.17) is 0 Å². The molecule has 7 nitrogen and oxygen atoms in total. The van der Waals surface area contributed by atoms with Crippen LogP contribution in [-0.4, -0.2) is 40.5 Å². The van der Waals surface area contributed by atoms with Crippen LogP contribution in [0.25, 0.3) is 5.69 Å². The molecule has 0 aliphatic rings. The number of benzene rings is 1. The Kier molecular flexibility index (Phi) is 4.66. The van der Waals surface area contributed by atoms with E-state index in [1.807, 2.05) is 41.2 Å². The Morgan fingerprint density at radius 1 is 1.17 bits per heavy atom. The van der Waals surface area contributed by atoms with Gasteiger partial charge in [-0.05, 0) is 30.7 Å². The van der Waals surface area contributed by atoms with Crippen LogP contribution in [0, 0.1) is 0 Å². The van der Waals surface area contributed by atoms with Crippen LogP contribution in [0.4, 0.5) is 5.69 Å². The molecule has 0 unspecified atom stereocenters. The van der Waals surface area contributed by atoms with Crippen molar-refractivity contribution in [3.63, 3.8) is 0 Å². The first kappa shape index (κ1) is 16.3. The van der Waals surface area contributed by atoms with Crippen molar-refractivity contribution in [2.24, 2.45) is 0 Å². The zero-order valence-electron chi connectivity index (χ0n) is 13.4. The molecule has 1 aromatic carbocycles. The molecule has 0 saturated carbocycles. The standard InChI is InChI=1S/C16H19N5O2S/c1-24(22,23)21(11-4-9-19-12-8-17-14-19)16-6-2-5-15(13-16)20-10-3-7-18-20/h2-3,5-8,10,12-14H,4,9,11H2,1H3. The molecule has 0 aliphatic heterocycles. The van der Waals surface area contributed by atoms with Gasteiger partial charge >= 0.3 is 0 Å². The Morgan fingerprint density at radius 3 is 2.71 bits per heavy atom. The predicted octanol–water partition coefficient (Wildman–Crippen LogP) is 1.93. The topological polar surface area (TPSA) is 73.0 Å². The smallest absolute Gasteiger partial charge is 0.232 e. The summed E-state index contributed by atoms with van der Waals surface area (Å²) in [6, 6.07) is 9.17. The largest absolute Gasteiger partial charge is 0.337 e. The quantitative estimate of drug-likeness (QED) is 0.656. The van der Waals surface area contributed by atoms with Gasteiger partial charge in [-0.25, -0.2) is 18.1 Å². The van der Waals surface area contributed by atoms with Crippen LogP contribution in [0.15, 0.2) is 61.4 Å². The normalized spacial score (nSPS) is 11.5. The summed E-state index contributed by atoms with van der Waals surface area (Å²) in [4.78, 5) is 3.99. The third-order valence-electron chi connectivity index (χ3n) is 3.62. The number of rotatable bonds is 7. The van der Waals surface area contributed by atoms with Gasteiger partial charge in [0, 0.05) is 37.9 Å². The highest BCUT2D eigenvalue weighted by atomic mass is 32.2. The highest BCUT2D eigenvalue weighted by molar-refractivity contribution is 7.92. The van der Waals surface area contributed by atoms with Crippen LogP contribution in [-0.2, 0) is 16.6 Å². The number of sulfonamides is 1. The predicted molar refractivity (Wildman–Crippen MR) is 92.6 cm³/mol. The van der Waals surface area contributed by atoms with E-state index < -0.39 is 10.0 Å². The van der Waals surface area contributed by atoms with Crippen LogP contribution in [0.2, 0.25) is 0 Å². The molecule has 2 heterocycles. The average Bonchev–Trinajstić information content (AvgIpc) is 3.24. The Balaban J connectivity index is 1.80. The van der Waals surface area contributed by atoms with Crippen molar-refractivity contribution in [3.8, 4) is 5.69 Å². The minimum Gasteiger partial charge on any atom is -0.337 e. The van der Waals surface area contributed by atoms with Crippen LogP contribution < -0.4 is 4.31 Å². The molecule has 2 aromatic heterocycles. The van der Waals surface area contributed by atoms with Gasteiger partial charge in [-0.1, -0.05) is 6.07 Å². The van der Waals surface area contributed by atoms with Crippen molar-refractivity contribution in [1.29, 1.82) is 0 Å². The Hall–Kier alpha value is -2.61. The van der Waals surface area contributed by atoms with Gasteiger partial charge in [0.2, 0.25) is 10.0 Å². The first-order valence-corrected chi connectivity index (χ1v) is 9.42. The molecule has 126 valence electrons. The molecule has 0 saturated heterocycles. The fourth-order valence-electron chi connectivity index (χ4n) is 2.51. The van der Waals surface area contributed by atoms with Crippen molar-refractivity contribution >= 4 is 15.7 Å². The first-order chi connectivity index (χ1) is 11.5. The second-order valence-electron chi connectivity index (χ2n) is 5.46. The van der Waals surface area contributed by atoms with Crippen LogP contribution in [0.3, 0.4) is 0 Å². The summed E-state index contributed by atoms with van der Waals surface area (Å²) >= 11 is 0. The molecule has 0 fully saturated rings. The van der Waals surface area contributed by atoms with Crippen LogP contribution >= 0.6 is 0 Å². The number of anilines is 1. The lowest BCUT2D eigenvalue weighted by Crippen LogP contribution is -2.31. The summed E-state index contributed by atoms with van der Waals surface area (Å²) in [5.41, 5.74) is 1.46. The summed E-state index contributed by atoms with van der Waals surface area (Å²) in [5, 5.41) is 4.18. The van der Waals surface area contributed by atoms with Crippen LogP contribution in [0.1, 0.15) is 6.42 Å². The van der Waals surface area contributed by atoms with E-state index in [1.165, 1.54) is 10.6 Å². The number of hydrogen-bond donors (Lipinski definition) is 0. The van der Waals surface area contributed by atoms with E-state index in [-0.39, 0.29) is 0 Å². The van der Waals surface area contributed by atoms with Crippen molar-refractivity contribution in [3.05, 3.63) is 61.4 Å². The molecule has 3 rings (SSSR count). The molecule has 8 heteroatoms. The fourth-order valence-corrected chi connectivity index (χ4v) is 3.47. The average molecular weight is 345 g/mol. The van der Waals surface area contributed by atoms with Gasteiger partial charge in [-0.15, -0.1) is 0 Å². The van der Waals surface area contributed by atoms with Crippen molar-refractivity contribution in [1.82, 2.24) is 19.3 Å². The van der Waals surface area contributed by atoms with Crippen molar-refractivity contribution in [2.75, 3.05) is 17.1 Å². The van der Waals surface area contributed by atoms with Crippen molar-refractivity contribution < 1.29 is 8.42 Å². The van der Waals surface area contributed by atoms with Gasteiger partial charge in [0.25, 0.3) is 0 Å². The molecule has 0 radical (unpaired) electrons.